The van der Waals surface area contributed by atoms with E-state index in [1.807, 2.05) is 51.1 Å². The molecular formula is C18H27NO4. The zero-order chi connectivity index (χ0) is 16.9. The Hall–Kier alpha value is -1.59. The number of rotatable bonds is 5. The number of amides is 1. The summed E-state index contributed by atoms with van der Waals surface area (Å²) >= 11 is 0. The Bertz CT molecular complexity index is 512. The van der Waals surface area contributed by atoms with Crippen molar-refractivity contribution in [3.63, 3.8) is 0 Å². The second-order valence-electron chi connectivity index (χ2n) is 7.10. The molecule has 128 valence electrons. The van der Waals surface area contributed by atoms with Gasteiger partial charge in [-0.2, -0.15) is 0 Å². The average Bonchev–Trinajstić information content (AvgIpc) is 2.91. The molecule has 1 aromatic carbocycles. The first-order valence-electron chi connectivity index (χ1n) is 8.09. The third-order valence-corrected chi connectivity index (χ3v) is 3.99. The lowest BCUT2D eigenvalue weighted by Gasteiger charge is -2.37. The molecule has 2 rings (SSSR count). The van der Waals surface area contributed by atoms with E-state index in [-0.39, 0.29) is 12.7 Å². The smallest absolute Gasteiger partial charge is 0.410 e. The monoisotopic (exact) mass is 321 g/mol. The number of ether oxygens (including phenoxy) is 2. The minimum Gasteiger partial charge on any atom is -0.444 e. The Labute approximate surface area is 138 Å². The van der Waals surface area contributed by atoms with E-state index in [4.69, 9.17) is 9.47 Å². The van der Waals surface area contributed by atoms with Gasteiger partial charge in [0.25, 0.3) is 0 Å². The van der Waals surface area contributed by atoms with Crippen molar-refractivity contribution >= 4 is 6.09 Å². The van der Waals surface area contributed by atoms with Crippen LogP contribution in [0.4, 0.5) is 4.79 Å². The molecule has 1 fully saturated rings. The van der Waals surface area contributed by atoms with Gasteiger partial charge in [0, 0.05) is 6.54 Å². The Morgan fingerprint density at radius 1 is 1.30 bits per heavy atom. The van der Waals surface area contributed by atoms with Crippen molar-refractivity contribution in [1.29, 1.82) is 0 Å². The zero-order valence-corrected chi connectivity index (χ0v) is 14.2. The van der Waals surface area contributed by atoms with Gasteiger partial charge in [0.1, 0.15) is 5.60 Å². The molecule has 1 amide bonds. The number of likely N-dealkylation sites (tertiary alicyclic amines) is 1. The van der Waals surface area contributed by atoms with Gasteiger partial charge in [-0.25, -0.2) is 4.79 Å². The molecule has 1 unspecified atom stereocenters. The lowest BCUT2D eigenvalue weighted by molar-refractivity contribution is -0.0406. The Balaban J connectivity index is 1.98. The lowest BCUT2D eigenvalue weighted by atomic mass is 9.99. The van der Waals surface area contributed by atoms with E-state index in [0.717, 1.165) is 18.4 Å². The minimum absolute atomic E-state index is 0.124. The quantitative estimate of drug-likeness (QED) is 0.906. The van der Waals surface area contributed by atoms with Gasteiger partial charge in [-0.3, -0.25) is 4.90 Å². The Morgan fingerprint density at radius 3 is 2.61 bits per heavy atom. The maximum Gasteiger partial charge on any atom is 0.410 e. The summed E-state index contributed by atoms with van der Waals surface area (Å²) in [6, 6.07) is 9.86. The highest BCUT2D eigenvalue weighted by molar-refractivity contribution is 5.69. The SMILES string of the molecule is CC(C)(C)OC(=O)N1CCCC1(CO)COCc1ccccc1. The number of hydrogen-bond acceptors (Lipinski definition) is 4. The Kier molecular flexibility index (Phi) is 5.65. The third kappa shape index (κ3) is 4.69. The van der Waals surface area contributed by atoms with Gasteiger partial charge in [-0.1, -0.05) is 30.3 Å². The first kappa shape index (κ1) is 17.8. The van der Waals surface area contributed by atoms with Crippen LogP contribution in [0.5, 0.6) is 0 Å². The molecule has 1 heterocycles. The van der Waals surface area contributed by atoms with Crippen LogP contribution >= 0.6 is 0 Å². The summed E-state index contributed by atoms with van der Waals surface area (Å²) in [4.78, 5) is 14.0. The third-order valence-electron chi connectivity index (χ3n) is 3.99. The first-order valence-corrected chi connectivity index (χ1v) is 8.09. The van der Waals surface area contributed by atoms with E-state index in [1.165, 1.54) is 0 Å². The molecule has 1 aromatic rings. The van der Waals surface area contributed by atoms with Gasteiger partial charge in [0.15, 0.2) is 0 Å². The van der Waals surface area contributed by atoms with Gasteiger partial charge in [-0.15, -0.1) is 0 Å². The molecule has 0 spiro atoms. The van der Waals surface area contributed by atoms with Crippen LogP contribution in [0.25, 0.3) is 0 Å². The molecule has 0 aromatic heterocycles. The van der Waals surface area contributed by atoms with Gasteiger partial charge in [0.05, 0.1) is 25.4 Å². The molecule has 5 nitrogen and oxygen atoms in total. The van der Waals surface area contributed by atoms with Crippen LogP contribution in [0.1, 0.15) is 39.2 Å². The summed E-state index contributed by atoms with van der Waals surface area (Å²) < 4.78 is 11.3. The van der Waals surface area contributed by atoms with Gasteiger partial charge in [0.2, 0.25) is 0 Å². The molecule has 0 bridgehead atoms. The summed E-state index contributed by atoms with van der Waals surface area (Å²) in [6.07, 6.45) is 1.18. The summed E-state index contributed by atoms with van der Waals surface area (Å²) in [5, 5.41) is 9.90. The number of carbonyl (C=O) groups excluding carboxylic acids is 1. The Morgan fingerprint density at radius 2 is 2.00 bits per heavy atom. The van der Waals surface area contributed by atoms with Gasteiger partial charge >= 0.3 is 6.09 Å². The molecule has 1 aliphatic rings. The van der Waals surface area contributed by atoms with E-state index in [1.54, 1.807) is 4.90 Å². The fourth-order valence-electron chi connectivity index (χ4n) is 2.83. The minimum atomic E-state index is -0.683. The number of benzene rings is 1. The van der Waals surface area contributed by atoms with E-state index in [0.29, 0.717) is 19.8 Å². The number of carbonyl (C=O) groups is 1. The zero-order valence-electron chi connectivity index (χ0n) is 14.2. The topological polar surface area (TPSA) is 59.0 Å². The maximum absolute atomic E-state index is 12.4. The number of aliphatic hydroxyl groups excluding tert-OH is 1. The van der Waals surface area contributed by atoms with E-state index < -0.39 is 11.1 Å². The number of hydrogen-bond donors (Lipinski definition) is 1. The normalized spacial score (nSPS) is 21.5. The summed E-state index contributed by atoms with van der Waals surface area (Å²) in [7, 11) is 0. The van der Waals surface area contributed by atoms with Crippen molar-refractivity contribution < 1.29 is 19.4 Å². The van der Waals surface area contributed by atoms with Crippen LogP contribution in [-0.2, 0) is 16.1 Å². The second kappa shape index (κ2) is 7.32. The van der Waals surface area contributed by atoms with E-state index in [9.17, 15) is 9.90 Å². The van der Waals surface area contributed by atoms with Crippen LogP contribution in [0, 0.1) is 0 Å². The van der Waals surface area contributed by atoms with Crippen molar-refractivity contribution in [2.45, 2.75) is 51.4 Å². The van der Waals surface area contributed by atoms with Gasteiger partial charge in [-0.05, 0) is 39.2 Å². The number of aliphatic hydroxyl groups is 1. The van der Waals surface area contributed by atoms with E-state index in [2.05, 4.69) is 0 Å². The molecule has 1 saturated heterocycles. The molecule has 1 aliphatic heterocycles. The van der Waals surface area contributed by atoms with Crippen LogP contribution in [0.15, 0.2) is 30.3 Å². The second-order valence-corrected chi connectivity index (χ2v) is 7.10. The molecule has 1 N–H and O–H groups in total. The molecule has 0 aliphatic carbocycles. The number of nitrogens with zero attached hydrogens (tertiary/aromatic N) is 1. The lowest BCUT2D eigenvalue weighted by Crippen LogP contribution is -2.54. The van der Waals surface area contributed by atoms with Crippen molar-refractivity contribution in [1.82, 2.24) is 4.90 Å². The van der Waals surface area contributed by atoms with Crippen molar-refractivity contribution in [2.75, 3.05) is 19.8 Å². The molecular weight excluding hydrogens is 294 g/mol. The fraction of sp³-hybridized carbons (Fsp3) is 0.611. The van der Waals surface area contributed by atoms with Crippen molar-refractivity contribution in [3.05, 3.63) is 35.9 Å². The fourth-order valence-corrected chi connectivity index (χ4v) is 2.83. The van der Waals surface area contributed by atoms with Crippen molar-refractivity contribution in [2.24, 2.45) is 0 Å². The molecule has 23 heavy (non-hydrogen) atoms. The summed E-state index contributed by atoms with van der Waals surface area (Å²) in [5.74, 6) is 0. The largest absolute Gasteiger partial charge is 0.444 e. The predicted octanol–water partition coefficient (Wildman–Crippen LogP) is 2.97. The molecule has 5 heteroatoms. The van der Waals surface area contributed by atoms with Crippen LogP contribution in [-0.4, -0.2) is 47.0 Å². The highest BCUT2D eigenvalue weighted by atomic mass is 16.6. The van der Waals surface area contributed by atoms with E-state index >= 15 is 0 Å². The average molecular weight is 321 g/mol. The van der Waals surface area contributed by atoms with Crippen LogP contribution in [0.2, 0.25) is 0 Å². The first-order chi connectivity index (χ1) is 10.9. The predicted molar refractivity (Wildman–Crippen MR) is 88.1 cm³/mol. The van der Waals surface area contributed by atoms with Gasteiger partial charge < -0.3 is 14.6 Å². The van der Waals surface area contributed by atoms with Crippen LogP contribution in [0.3, 0.4) is 0 Å². The standard InChI is InChI=1S/C18H27NO4/c1-17(2,3)23-16(21)19-11-7-10-18(19,13-20)14-22-12-15-8-5-4-6-9-15/h4-6,8-9,20H,7,10-14H2,1-3H3. The highest BCUT2D eigenvalue weighted by Gasteiger charge is 2.45. The molecule has 1 atom stereocenters. The molecule has 0 radical (unpaired) electrons. The molecule has 0 saturated carbocycles. The maximum atomic E-state index is 12.4. The summed E-state index contributed by atoms with van der Waals surface area (Å²) in [5.41, 5.74) is -0.162. The highest BCUT2D eigenvalue weighted by Crippen LogP contribution is 2.31. The van der Waals surface area contributed by atoms with Crippen molar-refractivity contribution in [3.8, 4) is 0 Å². The van der Waals surface area contributed by atoms with Crippen LogP contribution < -0.4 is 0 Å². The summed E-state index contributed by atoms with van der Waals surface area (Å²) in [6.45, 7) is 6.75.